The van der Waals surface area contributed by atoms with Gasteiger partial charge in [0.05, 0.1) is 17.7 Å². The zero-order valence-corrected chi connectivity index (χ0v) is 9.09. The third-order valence-corrected chi connectivity index (χ3v) is 1.94. The van der Waals surface area contributed by atoms with E-state index in [9.17, 15) is 23.7 Å². The second kappa shape index (κ2) is 5.34. The summed E-state index contributed by atoms with van der Waals surface area (Å²) in [6.07, 6.45) is -2.79. The van der Waals surface area contributed by atoms with E-state index in [1.165, 1.54) is 6.92 Å². The van der Waals surface area contributed by atoms with Crippen LogP contribution in [0.25, 0.3) is 0 Å². The number of aromatic nitrogens is 1. The van der Waals surface area contributed by atoms with Gasteiger partial charge in [-0.3, -0.25) is 10.1 Å². The van der Waals surface area contributed by atoms with Gasteiger partial charge < -0.3 is 9.84 Å². The van der Waals surface area contributed by atoms with Crippen molar-refractivity contribution in [2.24, 2.45) is 0 Å². The summed E-state index contributed by atoms with van der Waals surface area (Å²) in [5, 5.41) is 19.8. The van der Waals surface area contributed by atoms with E-state index in [1.807, 2.05) is 0 Å². The molecule has 1 heterocycles. The van der Waals surface area contributed by atoms with Crippen LogP contribution in [0.15, 0.2) is 6.20 Å². The standard InChI is InChI=1S/C9H8F2N2O5/c1-2-18-9(15)6-5(8(10)11)7(13(16)17)4(14)3-12-6/h3,8,14H,2H2,1H3. The highest BCUT2D eigenvalue weighted by molar-refractivity contribution is 5.90. The lowest BCUT2D eigenvalue weighted by atomic mass is 10.1. The highest BCUT2D eigenvalue weighted by atomic mass is 19.3. The highest BCUT2D eigenvalue weighted by Gasteiger charge is 2.33. The number of nitro groups is 1. The topological polar surface area (TPSA) is 103 Å². The Morgan fingerprint density at radius 1 is 1.67 bits per heavy atom. The molecule has 0 spiro atoms. The molecule has 18 heavy (non-hydrogen) atoms. The van der Waals surface area contributed by atoms with Crippen molar-refractivity contribution in [3.8, 4) is 5.75 Å². The van der Waals surface area contributed by atoms with Gasteiger partial charge in [0.1, 0.15) is 5.56 Å². The largest absolute Gasteiger partial charge is 0.501 e. The molecule has 0 amide bonds. The Balaban J connectivity index is 3.49. The quantitative estimate of drug-likeness (QED) is 0.504. The molecular weight excluding hydrogens is 254 g/mol. The Bertz CT molecular complexity index is 492. The molecule has 0 fully saturated rings. The fraction of sp³-hybridized carbons (Fsp3) is 0.333. The number of rotatable bonds is 4. The first-order valence-electron chi connectivity index (χ1n) is 4.71. The average molecular weight is 262 g/mol. The summed E-state index contributed by atoms with van der Waals surface area (Å²) in [5.74, 6) is -2.25. The van der Waals surface area contributed by atoms with Crippen LogP contribution >= 0.6 is 0 Å². The van der Waals surface area contributed by atoms with E-state index in [-0.39, 0.29) is 6.61 Å². The fourth-order valence-corrected chi connectivity index (χ4v) is 1.27. The zero-order chi connectivity index (χ0) is 13.9. The van der Waals surface area contributed by atoms with Gasteiger partial charge >= 0.3 is 11.7 Å². The molecule has 0 radical (unpaired) electrons. The number of carbonyl (C=O) groups is 1. The number of aromatic hydroxyl groups is 1. The Morgan fingerprint density at radius 2 is 2.28 bits per heavy atom. The SMILES string of the molecule is CCOC(=O)c1ncc(O)c([N+](=O)[O-])c1C(F)F. The molecule has 0 saturated carbocycles. The molecular formula is C9H8F2N2O5. The van der Waals surface area contributed by atoms with Crippen LogP contribution in [0.1, 0.15) is 29.4 Å². The molecule has 0 bridgehead atoms. The molecule has 1 aromatic rings. The molecule has 0 atom stereocenters. The maximum atomic E-state index is 12.8. The van der Waals surface area contributed by atoms with Crippen molar-refractivity contribution in [1.82, 2.24) is 4.98 Å². The van der Waals surface area contributed by atoms with Crippen LogP contribution < -0.4 is 0 Å². The van der Waals surface area contributed by atoms with Gasteiger partial charge in [-0.15, -0.1) is 0 Å². The van der Waals surface area contributed by atoms with Crippen LogP contribution in [0.2, 0.25) is 0 Å². The van der Waals surface area contributed by atoms with Crippen molar-refractivity contribution in [3.63, 3.8) is 0 Å². The molecule has 0 aromatic carbocycles. The molecule has 1 aromatic heterocycles. The van der Waals surface area contributed by atoms with E-state index in [2.05, 4.69) is 9.72 Å². The van der Waals surface area contributed by atoms with E-state index >= 15 is 0 Å². The first-order chi connectivity index (χ1) is 8.40. The number of hydrogen-bond acceptors (Lipinski definition) is 6. The van der Waals surface area contributed by atoms with E-state index in [0.717, 1.165) is 0 Å². The van der Waals surface area contributed by atoms with Crippen LogP contribution in [0.5, 0.6) is 5.75 Å². The second-order valence-electron chi connectivity index (χ2n) is 3.03. The highest BCUT2D eigenvalue weighted by Crippen LogP contribution is 2.37. The first kappa shape index (κ1) is 13.7. The Kier molecular flexibility index (Phi) is 4.08. The number of nitrogens with zero attached hydrogens (tertiary/aromatic N) is 2. The number of alkyl halides is 2. The van der Waals surface area contributed by atoms with E-state index in [4.69, 9.17) is 5.11 Å². The van der Waals surface area contributed by atoms with Gasteiger partial charge in [-0.1, -0.05) is 0 Å². The lowest BCUT2D eigenvalue weighted by molar-refractivity contribution is -0.387. The molecule has 7 nitrogen and oxygen atoms in total. The second-order valence-corrected chi connectivity index (χ2v) is 3.03. The van der Waals surface area contributed by atoms with Crippen LogP contribution in [-0.2, 0) is 4.74 Å². The minimum absolute atomic E-state index is 0.0993. The van der Waals surface area contributed by atoms with Crippen molar-refractivity contribution in [2.45, 2.75) is 13.3 Å². The summed E-state index contributed by atoms with van der Waals surface area (Å²) in [6.45, 7) is 1.34. The van der Waals surface area contributed by atoms with Crippen molar-refractivity contribution in [1.29, 1.82) is 0 Å². The monoisotopic (exact) mass is 262 g/mol. The van der Waals surface area contributed by atoms with Crippen molar-refractivity contribution < 1.29 is 28.3 Å². The molecule has 1 N–H and O–H groups in total. The summed E-state index contributed by atoms with van der Waals surface area (Å²) in [7, 11) is 0. The Labute approximate surface area is 99.2 Å². The Hall–Kier alpha value is -2.32. The molecule has 9 heteroatoms. The molecule has 0 aliphatic rings. The van der Waals surface area contributed by atoms with Gasteiger partial charge in [0, 0.05) is 0 Å². The van der Waals surface area contributed by atoms with E-state index in [0.29, 0.717) is 6.20 Å². The maximum absolute atomic E-state index is 12.8. The molecule has 98 valence electrons. The summed E-state index contributed by atoms with van der Waals surface area (Å²) in [6, 6.07) is 0. The fourth-order valence-electron chi connectivity index (χ4n) is 1.27. The summed E-state index contributed by atoms with van der Waals surface area (Å²) >= 11 is 0. The lowest BCUT2D eigenvalue weighted by Crippen LogP contribution is -2.13. The third-order valence-electron chi connectivity index (χ3n) is 1.94. The number of carbonyl (C=O) groups excluding carboxylic acids is 1. The van der Waals surface area contributed by atoms with Gasteiger partial charge in [0.15, 0.2) is 5.69 Å². The molecule has 1 rings (SSSR count). The molecule has 0 unspecified atom stereocenters. The third kappa shape index (κ3) is 2.50. The van der Waals surface area contributed by atoms with Gasteiger partial charge in [-0.05, 0) is 6.92 Å². The van der Waals surface area contributed by atoms with Crippen molar-refractivity contribution >= 4 is 11.7 Å². The Morgan fingerprint density at radius 3 is 2.72 bits per heavy atom. The van der Waals surface area contributed by atoms with Gasteiger partial charge in [0.25, 0.3) is 6.43 Å². The van der Waals surface area contributed by atoms with Crippen LogP contribution in [-0.4, -0.2) is 27.6 Å². The number of pyridine rings is 1. The van der Waals surface area contributed by atoms with Gasteiger partial charge in [0.2, 0.25) is 5.75 Å². The van der Waals surface area contributed by atoms with Crippen LogP contribution in [0.4, 0.5) is 14.5 Å². The summed E-state index contributed by atoms with van der Waals surface area (Å²) in [4.78, 5) is 24.0. The molecule has 0 aliphatic heterocycles. The first-order valence-corrected chi connectivity index (χ1v) is 4.71. The minimum Gasteiger partial charge on any atom is -0.501 e. The smallest absolute Gasteiger partial charge is 0.357 e. The summed E-state index contributed by atoms with van der Waals surface area (Å²) < 4.78 is 30.0. The van der Waals surface area contributed by atoms with Crippen LogP contribution in [0.3, 0.4) is 0 Å². The minimum atomic E-state index is -3.34. The average Bonchev–Trinajstić information content (AvgIpc) is 2.27. The van der Waals surface area contributed by atoms with E-state index in [1.54, 1.807) is 0 Å². The van der Waals surface area contributed by atoms with Crippen molar-refractivity contribution in [2.75, 3.05) is 6.61 Å². The predicted molar refractivity (Wildman–Crippen MR) is 53.5 cm³/mol. The van der Waals surface area contributed by atoms with Gasteiger partial charge in [-0.25, -0.2) is 18.6 Å². The summed E-state index contributed by atoms with van der Waals surface area (Å²) in [5.41, 5.74) is -3.38. The van der Waals surface area contributed by atoms with Crippen molar-refractivity contribution in [3.05, 3.63) is 27.6 Å². The number of hydrogen-bond donors (Lipinski definition) is 1. The predicted octanol–water partition coefficient (Wildman–Crippen LogP) is 1.81. The van der Waals surface area contributed by atoms with Crippen LogP contribution in [0, 0.1) is 10.1 Å². The lowest BCUT2D eigenvalue weighted by Gasteiger charge is -2.08. The number of halogens is 2. The molecule has 0 aliphatic carbocycles. The molecule has 0 saturated heterocycles. The van der Waals surface area contributed by atoms with E-state index < -0.39 is 40.0 Å². The number of esters is 1. The number of ether oxygens (including phenoxy) is 1. The normalized spacial score (nSPS) is 10.4. The maximum Gasteiger partial charge on any atom is 0.357 e. The van der Waals surface area contributed by atoms with Gasteiger partial charge in [-0.2, -0.15) is 0 Å². The zero-order valence-electron chi connectivity index (χ0n) is 9.09.